The van der Waals surface area contributed by atoms with E-state index >= 15 is 0 Å². The van der Waals surface area contributed by atoms with Crippen molar-refractivity contribution in [3.05, 3.63) is 52.7 Å². The Bertz CT molecular complexity index is 1040. The number of aromatic nitrogens is 1. The van der Waals surface area contributed by atoms with Gasteiger partial charge in [-0.25, -0.2) is 4.98 Å². The van der Waals surface area contributed by atoms with Crippen molar-refractivity contribution < 1.29 is 19.1 Å². The number of carbonyl (C=O) groups excluding carboxylic acids is 3. The molecule has 4 rings (SSSR count). The summed E-state index contributed by atoms with van der Waals surface area (Å²) in [5, 5.41) is 6.17. The molecule has 1 aliphatic heterocycles. The molecule has 2 heterocycles. The second kappa shape index (κ2) is 10.3. The first-order valence-electron chi connectivity index (χ1n) is 11.1. The SMILES string of the molecule is Cc1ccc(NC(=O)[C@H]2CC[C@H](N3CCOCC3=O)CC2)c(C(=O)Nc2ccc(Cl)cn2)c1. The number of nitrogens with zero attached hydrogens (tertiary/aromatic N) is 2. The largest absolute Gasteiger partial charge is 0.370 e. The number of carbonyl (C=O) groups is 3. The molecule has 0 unspecified atom stereocenters. The van der Waals surface area contributed by atoms with Crippen LogP contribution in [-0.4, -0.2) is 53.4 Å². The number of nitrogens with one attached hydrogen (secondary N) is 2. The van der Waals surface area contributed by atoms with E-state index in [1.54, 1.807) is 24.3 Å². The van der Waals surface area contributed by atoms with Gasteiger partial charge in [0.25, 0.3) is 5.91 Å². The number of anilines is 2. The molecule has 0 bridgehead atoms. The number of hydrogen-bond donors (Lipinski definition) is 2. The molecule has 0 radical (unpaired) electrons. The molecule has 2 aromatic rings. The van der Waals surface area contributed by atoms with E-state index in [2.05, 4.69) is 15.6 Å². The average molecular weight is 471 g/mol. The van der Waals surface area contributed by atoms with Crippen LogP contribution >= 0.6 is 11.6 Å². The fourth-order valence-corrected chi connectivity index (χ4v) is 4.50. The van der Waals surface area contributed by atoms with E-state index in [0.29, 0.717) is 48.1 Å². The molecule has 1 aromatic heterocycles. The molecule has 2 N–H and O–H groups in total. The molecule has 174 valence electrons. The van der Waals surface area contributed by atoms with Crippen molar-refractivity contribution in [2.75, 3.05) is 30.4 Å². The first-order valence-corrected chi connectivity index (χ1v) is 11.5. The molecular formula is C24H27ClN4O4. The number of benzene rings is 1. The Hall–Kier alpha value is -2.97. The molecule has 9 heteroatoms. The van der Waals surface area contributed by atoms with Gasteiger partial charge in [-0.1, -0.05) is 23.2 Å². The molecule has 0 atom stereocenters. The van der Waals surface area contributed by atoms with Crippen molar-refractivity contribution in [2.24, 2.45) is 5.92 Å². The number of halogens is 1. The Balaban J connectivity index is 1.39. The Morgan fingerprint density at radius 1 is 1.12 bits per heavy atom. The highest BCUT2D eigenvalue weighted by Gasteiger charge is 2.33. The fourth-order valence-electron chi connectivity index (χ4n) is 4.39. The third-order valence-electron chi connectivity index (χ3n) is 6.18. The summed E-state index contributed by atoms with van der Waals surface area (Å²) in [7, 11) is 0. The van der Waals surface area contributed by atoms with Gasteiger partial charge in [-0.2, -0.15) is 0 Å². The fraction of sp³-hybridized carbons (Fsp3) is 0.417. The predicted octanol–water partition coefficient (Wildman–Crippen LogP) is 3.65. The second-order valence-corrected chi connectivity index (χ2v) is 8.94. The molecule has 1 saturated carbocycles. The summed E-state index contributed by atoms with van der Waals surface area (Å²) >= 11 is 5.85. The summed E-state index contributed by atoms with van der Waals surface area (Å²) in [5.41, 5.74) is 1.73. The van der Waals surface area contributed by atoms with Gasteiger partial charge in [0, 0.05) is 24.7 Å². The van der Waals surface area contributed by atoms with Gasteiger partial charge in [-0.05, 0) is 56.9 Å². The van der Waals surface area contributed by atoms with Gasteiger partial charge >= 0.3 is 0 Å². The average Bonchev–Trinajstić information content (AvgIpc) is 2.82. The molecule has 1 aliphatic carbocycles. The summed E-state index contributed by atoms with van der Waals surface area (Å²) in [6.45, 7) is 3.21. The Morgan fingerprint density at radius 3 is 2.61 bits per heavy atom. The Morgan fingerprint density at radius 2 is 1.91 bits per heavy atom. The number of amides is 3. The van der Waals surface area contributed by atoms with Crippen LogP contribution in [-0.2, 0) is 14.3 Å². The number of aryl methyl sites for hydroxylation is 1. The molecule has 1 saturated heterocycles. The van der Waals surface area contributed by atoms with Gasteiger partial charge in [0.05, 0.1) is 22.9 Å². The first-order chi connectivity index (χ1) is 15.9. The molecule has 3 amide bonds. The number of rotatable bonds is 5. The van der Waals surface area contributed by atoms with Crippen molar-refractivity contribution in [3.63, 3.8) is 0 Å². The van der Waals surface area contributed by atoms with Crippen LogP contribution in [0.4, 0.5) is 11.5 Å². The highest BCUT2D eigenvalue weighted by molar-refractivity contribution is 6.30. The maximum Gasteiger partial charge on any atom is 0.258 e. The normalized spacial score (nSPS) is 20.9. The third-order valence-corrected chi connectivity index (χ3v) is 6.40. The van der Waals surface area contributed by atoms with Crippen LogP contribution in [0.1, 0.15) is 41.6 Å². The zero-order valence-corrected chi connectivity index (χ0v) is 19.2. The second-order valence-electron chi connectivity index (χ2n) is 8.50. The van der Waals surface area contributed by atoms with Crippen LogP contribution in [0.3, 0.4) is 0 Å². The van der Waals surface area contributed by atoms with E-state index in [4.69, 9.17) is 16.3 Å². The summed E-state index contributed by atoms with van der Waals surface area (Å²) in [6.07, 6.45) is 4.42. The zero-order valence-electron chi connectivity index (χ0n) is 18.5. The topological polar surface area (TPSA) is 101 Å². The molecule has 1 aromatic carbocycles. The van der Waals surface area contributed by atoms with E-state index < -0.39 is 0 Å². The monoisotopic (exact) mass is 470 g/mol. The van der Waals surface area contributed by atoms with E-state index in [1.165, 1.54) is 6.20 Å². The lowest BCUT2D eigenvalue weighted by atomic mass is 9.84. The Labute approximate surface area is 197 Å². The minimum atomic E-state index is -0.363. The van der Waals surface area contributed by atoms with E-state index in [1.807, 2.05) is 17.9 Å². The molecule has 2 aliphatic rings. The first kappa shape index (κ1) is 23.2. The number of ether oxygens (including phenoxy) is 1. The van der Waals surface area contributed by atoms with Crippen molar-refractivity contribution in [1.29, 1.82) is 0 Å². The smallest absolute Gasteiger partial charge is 0.258 e. The van der Waals surface area contributed by atoms with Gasteiger partial charge in [-0.3, -0.25) is 14.4 Å². The minimum Gasteiger partial charge on any atom is -0.370 e. The van der Waals surface area contributed by atoms with Gasteiger partial charge in [-0.15, -0.1) is 0 Å². The molecular weight excluding hydrogens is 444 g/mol. The predicted molar refractivity (Wildman–Crippen MR) is 125 cm³/mol. The van der Waals surface area contributed by atoms with Gasteiger partial charge < -0.3 is 20.3 Å². The highest BCUT2D eigenvalue weighted by Crippen LogP contribution is 2.30. The molecule has 0 spiro atoms. The van der Waals surface area contributed by atoms with Gasteiger partial charge in [0.1, 0.15) is 12.4 Å². The standard InChI is InChI=1S/C24H27ClN4O4/c1-15-2-8-20(19(12-15)24(32)28-21-9-5-17(25)13-26-21)27-23(31)16-3-6-18(7-4-16)29-10-11-33-14-22(29)30/h2,5,8-9,12-13,16,18H,3-4,6-7,10-11,14H2,1H3,(H,27,31)(H,26,28,32)/t16-,18-. The summed E-state index contributed by atoms with van der Waals surface area (Å²) in [4.78, 5) is 44.0. The number of pyridine rings is 1. The molecule has 2 fully saturated rings. The lowest BCUT2D eigenvalue weighted by molar-refractivity contribution is -0.146. The highest BCUT2D eigenvalue weighted by atomic mass is 35.5. The maximum absolute atomic E-state index is 13.0. The lowest BCUT2D eigenvalue weighted by Crippen LogP contribution is -2.49. The van der Waals surface area contributed by atoms with Crippen LogP contribution in [0.25, 0.3) is 0 Å². The van der Waals surface area contributed by atoms with E-state index in [0.717, 1.165) is 18.4 Å². The lowest BCUT2D eigenvalue weighted by Gasteiger charge is -2.38. The van der Waals surface area contributed by atoms with Crippen LogP contribution < -0.4 is 10.6 Å². The molecule has 33 heavy (non-hydrogen) atoms. The van der Waals surface area contributed by atoms with Crippen LogP contribution in [0, 0.1) is 12.8 Å². The summed E-state index contributed by atoms with van der Waals surface area (Å²) in [5.74, 6) is -0.228. The van der Waals surface area contributed by atoms with Crippen LogP contribution in [0.2, 0.25) is 5.02 Å². The Kier molecular flexibility index (Phi) is 7.25. The van der Waals surface area contributed by atoms with Gasteiger partial charge in [0.15, 0.2) is 0 Å². The van der Waals surface area contributed by atoms with Gasteiger partial charge in [0.2, 0.25) is 11.8 Å². The number of morpholine rings is 1. The van der Waals surface area contributed by atoms with Crippen molar-refractivity contribution in [3.8, 4) is 0 Å². The minimum absolute atomic E-state index is 0.0274. The van der Waals surface area contributed by atoms with Crippen molar-refractivity contribution in [1.82, 2.24) is 9.88 Å². The van der Waals surface area contributed by atoms with Crippen LogP contribution in [0.15, 0.2) is 36.5 Å². The number of hydrogen-bond acceptors (Lipinski definition) is 5. The quantitative estimate of drug-likeness (QED) is 0.694. The summed E-state index contributed by atoms with van der Waals surface area (Å²) in [6, 6.07) is 8.76. The third kappa shape index (κ3) is 5.69. The summed E-state index contributed by atoms with van der Waals surface area (Å²) < 4.78 is 5.21. The van der Waals surface area contributed by atoms with Crippen molar-refractivity contribution in [2.45, 2.75) is 38.6 Å². The van der Waals surface area contributed by atoms with E-state index in [-0.39, 0.29) is 36.3 Å². The van der Waals surface area contributed by atoms with E-state index in [9.17, 15) is 14.4 Å². The van der Waals surface area contributed by atoms with Crippen molar-refractivity contribution >= 4 is 40.8 Å². The zero-order chi connectivity index (χ0) is 23.4. The maximum atomic E-state index is 13.0. The van der Waals surface area contributed by atoms with Crippen LogP contribution in [0.5, 0.6) is 0 Å². The molecule has 8 nitrogen and oxygen atoms in total.